The summed E-state index contributed by atoms with van der Waals surface area (Å²) in [6, 6.07) is 16.6. The number of methoxy groups -OCH3 is 1. The lowest BCUT2D eigenvalue weighted by Crippen LogP contribution is -2.27. The minimum Gasteiger partial charge on any atom is -0.497 e. The van der Waals surface area contributed by atoms with Crippen molar-refractivity contribution in [2.45, 2.75) is 25.3 Å². The lowest BCUT2D eigenvalue weighted by atomic mass is 9.88. The molecule has 2 aromatic carbocycles. The number of benzene rings is 2. The molecule has 1 aliphatic carbocycles. The third-order valence-electron chi connectivity index (χ3n) is 4.00. The minimum absolute atomic E-state index is 0.401. The Balaban J connectivity index is 1.75. The molecule has 0 saturated carbocycles. The molecule has 0 aromatic heterocycles. The van der Waals surface area contributed by atoms with Crippen LogP contribution in [-0.4, -0.2) is 13.2 Å². The predicted molar refractivity (Wildman–Crippen MR) is 83.6 cm³/mol. The third-order valence-corrected chi connectivity index (χ3v) is 4.00. The second kappa shape index (κ2) is 5.88. The topological polar surface area (TPSA) is 45.0 Å². The van der Waals surface area contributed by atoms with Crippen molar-refractivity contribution in [3.05, 3.63) is 59.2 Å². The van der Waals surface area contributed by atoms with Crippen molar-refractivity contribution >= 4 is 5.69 Å². The molecule has 21 heavy (non-hydrogen) atoms. The highest BCUT2D eigenvalue weighted by atomic mass is 16.5. The average Bonchev–Trinajstić information content (AvgIpc) is 2.54. The van der Waals surface area contributed by atoms with Gasteiger partial charge in [-0.15, -0.1) is 0 Å². The number of hydrogen-bond donors (Lipinski definition) is 1. The molecule has 106 valence electrons. The Labute approximate surface area is 125 Å². The van der Waals surface area contributed by atoms with Crippen LogP contribution in [0.3, 0.4) is 0 Å². The van der Waals surface area contributed by atoms with E-state index < -0.39 is 0 Å². The molecule has 0 radical (unpaired) electrons. The number of nitrogens with one attached hydrogen (secondary N) is 1. The number of nitriles is 1. The third kappa shape index (κ3) is 3.00. The maximum Gasteiger partial charge on any atom is 0.119 e. The van der Waals surface area contributed by atoms with Crippen molar-refractivity contribution in [1.29, 1.82) is 5.26 Å². The van der Waals surface area contributed by atoms with E-state index in [1.54, 1.807) is 7.11 Å². The number of hydrogen-bond acceptors (Lipinski definition) is 3. The van der Waals surface area contributed by atoms with Gasteiger partial charge in [-0.25, -0.2) is 0 Å². The zero-order chi connectivity index (χ0) is 14.7. The molecule has 3 rings (SSSR count). The Bertz CT molecular complexity index is 688. The summed E-state index contributed by atoms with van der Waals surface area (Å²) < 4.78 is 5.31. The average molecular weight is 278 g/mol. The van der Waals surface area contributed by atoms with E-state index in [0.29, 0.717) is 11.6 Å². The van der Waals surface area contributed by atoms with Gasteiger partial charge in [0.15, 0.2) is 0 Å². The summed E-state index contributed by atoms with van der Waals surface area (Å²) in [5.41, 5.74) is 4.48. The van der Waals surface area contributed by atoms with E-state index in [1.807, 2.05) is 30.3 Å². The van der Waals surface area contributed by atoms with Crippen LogP contribution in [0.4, 0.5) is 5.69 Å². The van der Waals surface area contributed by atoms with E-state index in [0.717, 1.165) is 30.7 Å². The quantitative estimate of drug-likeness (QED) is 0.934. The van der Waals surface area contributed by atoms with E-state index in [1.165, 1.54) is 11.1 Å². The van der Waals surface area contributed by atoms with Gasteiger partial charge in [0.05, 0.1) is 18.7 Å². The monoisotopic (exact) mass is 278 g/mol. The molecule has 0 saturated heterocycles. The number of fused-ring (bicyclic) bond motifs is 1. The summed E-state index contributed by atoms with van der Waals surface area (Å²) in [5, 5.41) is 12.5. The highest BCUT2D eigenvalue weighted by molar-refractivity contribution is 5.50. The van der Waals surface area contributed by atoms with Crippen molar-refractivity contribution in [3.8, 4) is 11.8 Å². The molecule has 2 aromatic rings. The van der Waals surface area contributed by atoms with Gasteiger partial charge in [-0.3, -0.25) is 0 Å². The van der Waals surface area contributed by atoms with Crippen molar-refractivity contribution < 1.29 is 4.74 Å². The normalized spacial score (nSPS) is 16.7. The first-order valence-electron chi connectivity index (χ1n) is 7.21. The van der Waals surface area contributed by atoms with Crippen molar-refractivity contribution in [3.63, 3.8) is 0 Å². The highest BCUT2D eigenvalue weighted by Crippen LogP contribution is 2.27. The van der Waals surface area contributed by atoms with Gasteiger partial charge in [0.2, 0.25) is 0 Å². The lowest BCUT2D eigenvalue weighted by Gasteiger charge is -2.26. The van der Waals surface area contributed by atoms with Crippen LogP contribution in [-0.2, 0) is 12.8 Å². The minimum atomic E-state index is 0.401. The molecule has 0 aliphatic heterocycles. The summed E-state index contributed by atoms with van der Waals surface area (Å²) in [7, 11) is 1.70. The largest absolute Gasteiger partial charge is 0.497 e. The molecule has 0 amide bonds. The molecule has 1 N–H and O–H groups in total. The summed E-state index contributed by atoms with van der Waals surface area (Å²) in [5.74, 6) is 0.917. The molecule has 0 heterocycles. The van der Waals surface area contributed by atoms with E-state index >= 15 is 0 Å². The fourth-order valence-corrected chi connectivity index (χ4v) is 2.90. The second-order valence-corrected chi connectivity index (χ2v) is 5.41. The first-order chi connectivity index (χ1) is 10.3. The van der Waals surface area contributed by atoms with Crippen LogP contribution >= 0.6 is 0 Å². The summed E-state index contributed by atoms with van der Waals surface area (Å²) in [6.07, 6.45) is 3.17. The van der Waals surface area contributed by atoms with Gasteiger partial charge in [-0.05, 0) is 60.7 Å². The van der Waals surface area contributed by atoms with Gasteiger partial charge in [-0.2, -0.15) is 5.26 Å². The van der Waals surface area contributed by atoms with Crippen molar-refractivity contribution in [2.75, 3.05) is 12.4 Å². The maximum absolute atomic E-state index is 8.96. The zero-order valence-corrected chi connectivity index (χ0v) is 12.1. The van der Waals surface area contributed by atoms with Crippen LogP contribution in [0.1, 0.15) is 23.1 Å². The number of anilines is 1. The number of ether oxygens (including phenoxy) is 1. The standard InChI is InChI=1S/C18H18N2O/c1-21-18-8-6-14-5-7-17(10-15(14)11-18)20-16-4-2-3-13(9-16)12-19/h2-4,6,8-9,11,17,20H,5,7,10H2,1H3. The molecule has 3 heteroatoms. The van der Waals surface area contributed by atoms with Gasteiger partial charge in [0, 0.05) is 11.7 Å². The summed E-state index contributed by atoms with van der Waals surface area (Å²) in [4.78, 5) is 0. The van der Waals surface area contributed by atoms with E-state index in [9.17, 15) is 0 Å². The SMILES string of the molecule is COc1ccc2c(c1)CC(Nc1cccc(C#N)c1)CC2. The molecule has 0 spiro atoms. The molecular formula is C18H18N2O. The van der Waals surface area contributed by atoms with Crippen LogP contribution in [0.2, 0.25) is 0 Å². The van der Waals surface area contributed by atoms with Gasteiger partial charge in [0.1, 0.15) is 5.75 Å². The second-order valence-electron chi connectivity index (χ2n) is 5.41. The van der Waals surface area contributed by atoms with E-state index in [-0.39, 0.29) is 0 Å². The van der Waals surface area contributed by atoms with Crippen LogP contribution in [0.25, 0.3) is 0 Å². The Morgan fingerprint density at radius 3 is 2.90 bits per heavy atom. The molecule has 1 atom stereocenters. The zero-order valence-electron chi connectivity index (χ0n) is 12.1. The smallest absolute Gasteiger partial charge is 0.119 e. The van der Waals surface area contributed by atoms with Crippen molar-refractivity contribution in [1.82, 2.24) is 0 Å². The highest BCUT2D eigenvalue weighted by Gasteiger charge is 2.19. The molecule has 0 bridgehead atoms. The van der Waals surface area contributed by atoms with Gasteiger partial charge < -0.3 is 10.1 Å². The molecule has 3 nitrogen and oxygen atoms in total. The summed E-state index contributed by atoms with van der Waals surface area (Å²) in [6.45, 7) is 0. The first-order valence-corrected chi connectivity index (χ1v) is 7.21. The first kappa shape index (κ1) is 13.5. The van der Waals surface area contributed by atoms with Gasteiger partial charge in [0.25, 0.3) is 0 Å². The lowest BCUT2D eigenvalue weighted by molar-refractivity contribution is 0.413. The van der Waals surface area contributed by atoms with Crippen LogP contribution in [0.15, 0.2) is 42.5 Å². The predicted octanol–water partition coefficient (Wildman–Crippen LogP) is 3.54. The fourth-order valence-electron chi connectivity index (χ4n) is 2.90. The molecular weight excluding hydrogens is 260 g/mol. The fraction of sp³-hybridized carbons (Fsp3) is 0.278. The Morgan fingerprint density at radius 1 is 1.19 bits per heavy atom. The Kier molecular flexibility index (Phi) is 3.79. The Hall–Kier alpha value is -2.47. The van der Waals surface area contributed by atoms with E-state index in [2.05, 4.69) is 23.5 Å². The summed E-state index contributed by atoms with van der Waals surface area (Å²) >= 11 is 0. The molecule has 1 unspecified atom stereocenters. The number of nitrogens with zero attached hydrogens (tertiary/aromatic N) is 1. The number of aryl methyl sites for hydroxylation is 1. The number of rotatable bonds is 3. The molecule has 1 aliphatic rings. The Morgan fingerprint density at radius 2 is 2.10 bits per heavy atom. The maximum atomic E-state index is 8.96. The molecule has 0 fully saturated rings. The van der Waals surface area contributed by atoms with Crippen molar-refractivity contribution in [2.24, 2.45) is 0 Å². The van der Waals surface area contributed by atoms with Gasteiger partial charge in [-0.1, -0.05) is 12.1 Å². The van der Waals surface area contributed by atoms with E-state index in [4.69, 9.17) is 10.00 Å². The van der Waals surface area contributed by atoms with Crippen LogP contribution in [0, 0.1) is 11.3 Å². The van der Waals surface area contributed by atoms with Gasteiger partial charge >= 0.3 is 0 Å². The van der Waals surface area contributed by atoms with Crippen LogP contribution in [0.5, 0.6) is 5.75 Å². The van der Waals surface area contributed by atoms with Crippen LogP contribution < -0.4 is 10.1 Å².